The van der Waals surface area contributed by atoms with E-state index >= 15 is 0 Å². The van der Waals surface area contributed by atoms with Crippen LogP contribution in [-0.4, -0.2) is 13.3 Å². The van der Waals surface area contributed by atoms with Crippen LogP contribution in [0.25, 0.3) is 0 Å². The highest BCUT2D eigenvalue weighted by Crippen LogP contribution is 1.79. The van der Waals surface area contributed by atoms with Crippen LogP contribution in [0.2, 0.25) is 0 Å². The summed E-state index contributed by atoms with van der Waals surface area (Å²) in [4.78, 5) is 4.39. The molecule has 0 aliphatic heterocycles. The molecule has 0 bridgehead atoms. The summed E-state index contributed by atoms with van der Waals surface area (Å²) in [5, 5.41) is 3.44. The Morgan fingerprint density at radius 2 is 2.44 bits per heavy atom. The van der Waals surface area contributed by atoms with Crippen molar-refractivity contribution in [2.75, 3.05) is 7.11 Å². The fourth-order valence-electron chi connectivity index (χ4n) is 0.322. The maximum atomic E-state index is 4.39. The molecule has 0 aliphatic carbocycles. The third-order valence-electron chi connectivity index (χ3n) is 0.700. The van der Waals surface area contributed by atoms with Gasteiger partial charge in [0.25, 0.3) is 0 Å². The van der Waals surface area contributed by atoms with E-state index in [1.165, 1.54) is 13.3 Å². The van der Waals surface area contributed by atoms with Gasteiger partial charge in [-0.25, -0.2) is 0 Å². The lowest BCUT2D eigenvalue weighted by Crippen LogP contribution is -1.69. The molecule has 2 nitrogen and oxygen atoms in total. The Hall–Kier alpha value is -0.970. The van der Waals surface area contributed by atoms with Crippen LogP contribution in [0.3, 0.4) is 0 Å². The summed E-state index contributed by atoms with van der Waals surface area (Å²) < 4.78 is 0. The van der Waals surface area contributed by atoms with Crippen molar-refractivity contribution < 1.29 is 4.84 Å². The van der Waals surface area contributed by atoms with E-state index in [-0.39, 0.29) is 0 Å². The summed E-state index contributed by atoms with van der Waals surface area (Å²) in [5.41, 5.74) is 0. The van der Waals surface area contributed by atoms with Gasteiger partial charge in [-0.05, 0) is 6.42 Å². The smallest absolute Gasteiger partial charge is 0.116 e. The fourth-order valence-corrected chi connectivity index (χ4v) is 0.322. The van der Waals surface area contributed by atoms with Crippen LogP contribution in [-0.2, 0) is 4.84 Å². The average Bonchev–Trinajstić information content (AvgIpc) is 1.89. The first-order chi connectivity index (χ1) is 4.41. The zero-order valence-corrected chi connectivity index (χ0v) is 5.85. The third kappa shape index (κ3) is 7.03. The number of oxime groups is 1. The van der Waals surface area contributed by atoms with Crippen molar-refractivity contribution in [3.8, 4) is 11.8 Å². The number of nitrogens with zero attached hydrogens (tertiary/aromatic N) is 1. The first kappa shape index (κ1) is 8.03. The second-order valence-corrected chi connectivity index (χ2v) is 1.49. The highest BCUT2D eigenvalue weighted by Gasteiger charge is 1.66. The SMILES string of the molecule is CCCC#CC=NOC. The van der Waals surface area contributed by atoms with Gasteiger partial charge in [0.05, 0.1) is 0 Å². The summed E-state index contributed by atoms with van der Waals surface area (Å²) >= 11 is 0. The number of unbranched alkanes of at least 4 members (excludes halogenated alkanes) is 1. The van der Waals surface area contributed by atoms with E-state index in [1.807, 2.05) is 0 Å². The van der Waals surface area contributed by atoms with Crippen molar-refractivity contribution >= 4 is 6.21 Å². The van der Waals surface area contributed by atoms with E-state index in [0.29, 0.717) is 0 Å². The zero-order valence-electron chi connectivity index (χ0n) is 5.85. The van der Waals surface area contributed by atoms with Crippen LogP contribution < -0.4 is 0 Å². The Morgan fingerprint density at radius 3 is 3.00 bits per heavy atom. The zero-order chi connectivity index (χ0) is 6.95. The van der Waals surface area contributed by atoms with Crippen LogP contribution in [0.15, 0.2) is 5.16 Å². The predicted molar refractivity (Wildman–Crippen MR) is 38.2 cm³/mol. The van der Waals surface area contributed by atoms with Gasteiger partial charge in [-0.2, -0.15) is 0 Å². The predicted octanol–water partition coefficient (Wildman–Crippen LogP) is 1.42. The Bertz CT molecular complexity index is 130. The molecule has 0 radical (unpaired) electrons. The number of rotatable bonds is 2. The molecule has 0 fully saturated rings. The van der Waals surface area contributed by atoms with Gasteiger partial charge in [0.1, 0.15) is 13.3 Å². The van der Waals surface area contributed by atoms with Crippen LogP contribution in [0.1, 0.15) is 19.8 Å². The standard InChI is InChI=1S/C7H11NO/c1-3-4-5-6-7-8-9-2/h7H,3-4H2,1-2H3. The van der Waals surface area contributed by atoms with Crippen LogP contribution in [0, 0.1) is 11.8 Å². The molecule has 0 aliphatic rings. The molecule has 0 spiro atoms. The summed E-state index contributed by atoms with van der Waals surface area (Å²) in [7, 11) is 1.50. The molecule has 9 heavy (non-hydrogen) atoms. The van der Waals surface area contributed by atoms with Crippen molar-refractivity contribution in [2.45, 2.75) is 19.8 Å². The molecule has 50 valence electrons. The molecule has 0 saturated carbocycles. The van der Waals surface area contributed by atoms with E-state index in [9.17, 15) is 0 Å². The number of hydrogen-bond acceptors (Lipinski definition) is 2. The maximum absolute atomic E-state index is 4.39. The molecule has 0 aromatic heterocycles. The molecular weight excluding hydrogens is 114 g/mol. The van der Waals surface area contributed by atoms with Gasteiger partial charge in [0.15, 0.2) is 0 Å². The lowest BCUT2D eigenvalue weighted by atomic mass is 10.3. The van der Waals surface area contributed by atoms with Gasteiger partial charge < -0.3 is 4.84 Å². The van der Waals surface area contributed by atoms with E-state index < -0.39 is 0 Å². The van der Waals surface area contributed by atoms with E-state index in [4.69, 9.17) is 0 Å². The highest BCUT2D eigenvalue weighted by molar-refractivity contribution is 5.77. The normalized spacial score (nSPS) is 8.67. The van der Waals surface area contributed by atoms with Gasteiger partial charge in [-0.3, -0.25) is 0 Å². The molecular formula is C7H11NO. The van der Waals surface area contributed by atoms with Crippen molar-refractivity contribution in [1.29, 1.82) is 0 Å². The van der Waals surface area contributed by atoms with Gasteiger partial charge >= 0.3 is 0 Å². The lowest BCUT2D eigenvalue weighted by Gasteiger charge is -1.77. The Kier molecular flexibility index (Phi) is 6.27. The molecule has 0 unspecified atom stereocenters. The molecule has 0 heterocycles. The topological polar surface area (TPSA) is 21.6 Å². The molecule has 0 rings (SSSR count). The minimum absolute atomic E-state index is 0.926. The molecule has 0 amide bonds. The Balaban J connectivity index is 3.25. The van der Waals surface area contributed by atoms with E-state index in [1.54, 1.807) is 0 Å². The third-order valence-corrected chi connectivity index (χ3v) is 0.700. The van der Waals surface area contributed by atoms with E-state index in [2.05, 4.69) is 28.8 Å². The van der Waals surface area contributed by atoms with Crippen molar-refractivity contribution in [3.05, 3.63) is 0 Å². The summed E-state index contributed by atoms with van der Waals surface area (Å²) in [6.07, 6.45) is 3.47. The molecule has 0 saturated heterocycles. The summed E-state index contributed by atoms with van der Waals surface area (Å²) in [5.74, 6) is 5.61. The minimum Gasteiger partial charge on any atom is -0.399 e. The van der Waals surface area contributed by atoms with Crippen LogP contribution >= 0.6 is 0 Å². The molecule has 2 heteroatoms. The maximum Gasteiger partial charge on any atom is 0.116 e. The summed E-state index contributed by atoms with van der Waals surface area (Å²) in [6, 6.07) is 0. The Labute approximate surface area is 55.9 Å². The van der Waals surface area contributed by atoms with Crippen molar-refractivity contribution in [3.63, 3.8) is 0 Å². The lowest BCUT2D eigenvalue weighted by molar-refractivity contribution is 0.216. The number of hydrogen-bond donors (Lipinski definition) is 0. The average molecular weight is 125 g/mol. The summed E-state index contributed by atoms with van der Waals surface area (Å²) in [6.45, 7) is 2.09. The second kappa shape index (κ2) is 7.03. The molecule has 0 atom stereocenters. The van der Waals surface area contributed by atoms with Crippen molar-refractivity contribution in [1.82, 2.24) is 0 Å². The molecule has 0 aromatic rings. The molecule has 0 aromatic carbocycles. The first-order valence-electron chi connectivity index (χ1n) is 2.95. The second-order valence-electron chi connectivity index (χ2n) is 1.49. The van der Waals surface area contributed by atoms with Crippen LogP contribution in [0.4, 0.5) is 0 Å². The van der Waals surface area contributed by atoms with Gasteiger partial charge in [0, 0.05) is 6.42 Å². The van der Waals surface area contributed by atoms with Gasteiger partial charge in [0.2, 0.25) is 0 Å². The fraction of sp³-hybridized carbons (Fsp3) is 0.571. The van der Waals surface area contributed by atoms with Gasteiger partial charge in [-0.1, -0.05) is 23.9 Å². The van der Waals surface area contributed by atoms with Gasteiger partial charge in [-0.15, -0.1) is 0 Å². The molecule has 0 N–H and O–H groups in total. The monoisotopic (exact) mass is 125 g/mol. The highest BCUT2D eigenvalue weighted by atomic mass is 16.6. The first-order valence-corrected chi connectivity index (χ1v) is 2.95. The largest absolute Gasteiger partial charge is 0.399 e. The van der Waals surface area contributed by atoms with E-state index in [0.717, 1.165) is 12.8 Å². The quantitative estimate of drug-likeness (QED) is 0.311. The Morgan fingerprint density at radius 1 is 1.67 bits per heavy atom. The minimum atomic E-state index is 0.926. The van der Waals surface area contributed by atoms with Crippen LogP contribution in [0.5, 0.6) is 0 Å². The van der Waals surface area contributed by atoms with Crippen molar-refractivity contribution in [2.24, 2.45) is 5.16 Å².